The normalized spacial score (nSPS) is 10.0. The van der Waals surface area contributed by atoms with Crippen molar-refractivity contribution in [3.63, 3.8) is 0 Å². The molecule has 4 nitrogen and oxygen atoms in total. The van der Waals surface area contributed by atoms with Crippen molar-refractivity contribution in [3.8, 4) is 5.75 Å². The molecule has 0 atom stereocenters. The Labute approximate surface area is 159 Å². The van der Waals surface area contributed by atoms with Crippen LogP contribution < -0.4 is 20.7 Å². The van der Waals surface area contributed by atoms with E-state index in [1.54, 1.807) is 0 Å². The van der Waals surface area contributed by atoms with E-state index < -0.39 is 0 Å². The first-order valence-electron chi connectivity index (χ1n) is 8.46. The summed E-state index contributed by atoms with van der Waals surface area (Å²) >= 11 is 5.41. The van der Waals surface area contributed by atoms with Crippen LogP contribution in [-0.2, 0) is 0 Å². The summed E-state index contributed by atoms with van der Waals surface area (Å²) < 4.78 is 5.60. The Kier molecular flexibility index (Phi) is 6.06. The minimum atomic E-state index is 0.515. The van der Waals surface area contributed by atoms with Crippen molar-refractivity contribution >= 4 is 40.1 Å². The number of benzene rings is 3. The van der Waals surface area contributed by atoms with Gasteiger partial charge < -0.3 is 20.7 Å². The molecule has 5 heteroatoms. The molecule has 3 aromatic carbocycles. The second-order valence-corrected chi connectivity index (χ2v) is 5.98. The molecule has 3 N–H and O–H groups in total. The Balaban J connectivity index is 1.59. The molecule has 0 aromatic heterocycles. The molecule has 0 unspecified atom stereocenters. The van der Waals surface area contributed by atoms with E-state index in [2.05, 4.69) is 16.0 Å². The van der Waals surface area contributed by atoms with Crippen LogP contribution >= 0.6 is 12.2 Å². The molecule has 0 saturated carbocycles. The summed E-state index contributed by atoms with van der Waals surface area (Å²) in [4.78, 5) is 0. The summed E-state index contributed by atoms with van der Waals surface area (Å²) in [6.07, 6.45) is 0. The van der Waals surface area contributed by atoms with Gasteiger partial charge in [0.05, 0.1) is 12.3 Å². The van der Waals surface area contributed by atoms with Gasteiger partial charge in [0.1, 0.15) is 5.75 Å². The number of hydrogen-bond donors (Lipinski definition) is 3. The van der Waals surface area contributed by atoms with Crippen molar-refractivity contribution in [2.75, 3.05) is 22.6 Å². The SMILES string of the molecule is CCOc1ccccc1NC(=S)Nc1ccc(Nc2ccccc2)cc1. The fraction of sp³-hybridized carbons (Fsp3) is 0.0952. The lowest BCUT2D eigenvalue weighted by atomic mass is 10.2. The number of anilines is 4. The van der Waals surface area contributed by atoms with Gasteiger partial charge in [-0.25, -0.2) is 0 Å². The fourth-order valence-corrected chi connectivity index (χ4v) is 2.69. The summed E-state index contributed by atoms with van der Waals surface area (Å²) in [5, 5.41) is 10.2. The maximum Gasteiger partial charge on any atom is 0.175 e. The Morgan fingerprint density at radius 1 is 0.769 bits per heavy atom. The summed E-state index contributed by atoms with van der Waals surface area (Å²) in [5.74, 6) is 0.779. The fourth-order valence-electron chi connectivity index (χ4n) is 2.46. The highest BCUT2D eigenvalue weighted by atomic mass is 32.1. The second-order valence-electron chi connectivity index (χ2n) is 5.58. The lowest BCUT2D eigenvalue weighted by Gasteiger charge is -2.14. The molecule has 0 fully saturated rings. The van der Waals surface area contributed by atoms with Crippen LogP contribution in [-0.4, -0.2) is 11.7 Å². The molecule has 0 bridgehead atoms. The van der Waals surface area contributed by atoms with E-state index in [0.717, 1.165) is 28.5 Å². The van der Waals surface area contributed by atoms with Crippen LogP contribution in [0.1, 0.15) is 6.92 Å². The van der Waals surface area contributed by atoms with E-state index in [0.29, 0.717) is 11.7 Å². The van der Waals surface area contributed by atoms with E-state index in [-0.39, 0.29) is 0 Å². The summed E-state index contributed by atoms with van der Waals surface area (Å²) in [7, 11) is 0. The van der Waals surface area contributed by atoms with Gasteiger partial charge in [-0.3, -0.25) is 0 Å². The summed E-state index contributed by atoms with van der Waals surface area (Å²) in [5.41, 5.74) is 3.82. The van der Waals surface area contributed by atoms with Gasteiger partial charge in [0.2, 0.25) is 0 Å². The molecule has 0 amide bonds. The highest BCUT2D eigenvalue weighted by Gasteiger charge is 2.05. The first kappa shape index (κ1) is 17.8. The van der Waals surface area contributed by atoms with Crippen LogP contribution in [0.5, 0.6) is 5.75 Å². The van der Waals surface area contributed by atoms with E-state index in [4.69, 9.17) is 17.0 Å². The van der Waals surface area contributed by atoms with Gasteiger partial charge in [-0.15, -0.1) is 0 Å². The number of para-hydroxylation sites is 3. The van der Waals surface area contributed by atoms with Gasteiger partial charge in [0.15, 0.2) is 5.11 Å². The molecule has 3 aromatic rings. The minimum absolute atomic E-state index is 0.515. The Bertz CT molecular complexity index is 851. The van der Waals surface area contributed by atoms with Crippen LogP contribution in [0, 0.1) is 0 Å². The number of nitrogens with one attached hydrogen (secondary N) is 3. The van der Waals surface area contributed by atoms with Crippen LogP contribution in [0.15, 0.2) is 78.9 Å². The zero-order valence-electron chi connectivity index (χ0n) is 14.5. The molecule has 0 aliphatic heterocycles. The number of hydrogen-bond acceptors (Lipinski definition) is 3. The van der Waals surface area contributed by atoms with Crippen LogP contribution in [0.2, 0.25) is 0 Å². The van der Waals surface area contributed by atoms with E-state index >= 15 is 0 Å². The van der Waals surface area contributed by atoms with Crippen LogP contribution in [0.4, 0.5) is 22.7 Å². The quantitative estimate of drug-likeness (QED) is 0.495. The van der Waals surface area contributed by atoms with Crippen molar-refractivity contribution in [1.29, 1.82) is 0 Å². The Morgan fingerprint density at radius 2 is 1.38 bits per heavy atom. The van der Waals surface area contributed by atoms with E-state index in [1.165, 1.54) is 0 Å². The third kappa shape index (κ3) is 4.97. The van der Waals surface area contributed by atoms with Gasteiger partial charge >= 0.3 is 0 Å². The lowest BCUT2D eigenvalue weighted by Crippen LogP contribution is -2.19. The van der Waals surface area contributed by atoms with Crippen LogP contribution in [0.3, 0.4) is 0 Å². The molecule has 132 valence electrons. The predicted octanol–water partition coefficient (Wildman–Crippen LogP) is 5.64. The molecule has 0 spiro atoms. The molecule has 0 radical (unpaired) electrons. The average molecular weight is 363 g/mol. The predicted molar refractivity (Wildman–Crippen MR) is 114 cm³/mol. The van der Waals surface area contributed by atoms with Crippen molar-refractivity contribution in [2.24, 2.45) is 0 Å². The molecule has 3 rings (SSSR count). The summed E-state index contributed by atoms with van der Waals surface area (Å²) in [6.45, 7) is 2.56. The lowest BCUT2D eigenvalue weighted by molar-refractivity contribution is 0.342. The number of thiocarbonyl (C=S) groups is 1. The van der Waals surface area contributed by atoms with E-state index in [9.17, 15) is 0 Å². The Hall–Kier alpha value is -3.05. The van der Waals surface area contributed by atoms with Crippen molar-refractivity contribution < 1.29 is 4.74 Å². The zero-order chi connectivity index (χ0) is 18.2. The van der Waals surface area contributed by atoms with Gasteiger partial charge in [-0.1, -0.05) is 30.3 Å². The van der Waals surface area contributed by atoms with Crippen LogP contribution in [0.25, 0.3) is 0 Å². The van der Waals surface area contributed by atoms with Gasteiger partial charge in [-0.05, 0) is 67.7 Å². The monoisotopic (exact) mass is 363 g/mol. The molecular formula is C21H21N3OS. The number of ether oxygens (including phenoxy) is 1. The maximum atomic E-state index is 5.60. The maximum absolute atomic E-state index is 5.60. The molecule has 26 heavy (non-hydrogen) atoms. The molecule has 0 saturated heterocycles. The van der Waals surface area contributed by atoms with Crippen molar-refractivity contribution in [3.05, 3.63) is 78.9 Å². The number of rotatable bonds is 6. The molecular weight excluding hydrogens is 342 g/mol. The highest BCUT2D eigenvalue weighted by Crippen LogP contribution is 2.24. The molecule has 0 aliphatic rings. The first-order chi connectivity index (χ1) is 12.7. The smallest absolute Gasteiger partial charge is 0.175 e. The standard InChI is InChI=1S/C21H21N3OS/c1-2-25-20-11-7-6-10-19(20)24-21(26)23-18-14-12-17(13-15-18)22-16-8-4-3-5-9-16/h3-15,22H,2H2,1H3,(H2,23,24,26). The summed E-state index contributed by atoms with van der Waals surface area (Å²) in [6, 6.07) is 25.8. The first-order valence-corrected chi connectivity index (χ1v) is 8.87. The van der Waals surface area contributed by atoms with Crippen molar-refractivity contribution in [1.82, 2.24) is 0 Å². The topological polar surface area (TPSA) is 45.3 Å². The zero-order valence-corrected chi connectivity index (χ0v) is 15.3. The largest absolute Gasteiger partial charge is 0.492 e. The third-order valence-electron chi connectivity index (χ3n) is 3.64. The van der Waals surface area contributed by atoms with Gasteiger partial charge in [-0.2, -0.15) is 0 Å². The molecule has 0 aliphatic carbocycles. The van der Waals surface area contributed by atoms with Gasteiger partial charge in [0, 0.05) is 17.1 Å². The molecule has 0 heterocycles. The third-order valence-corrected chi connectivity index (χ3v) is 3.84. The Morgan fingerprint density at radius 3 is 2.12 bits per heavy atom. The van der Waals surface area contributed by atoms with Crippen molar-refractivity contribution in [2.45, 2.75) is 6.92 Å². The highest BCUT2D eigenvalue weighted by molar-refractivity contribution is 7.80. The second kappa shape index (κ2) is 8.87. The average Bonchev–Trinajstić information content (AvgIpc) is 2.66. The van der Waals surface area contributed by atoms with E-state index in [1.807, 2.05) is 85.8 Å². The minimum Gasteiger partial charge on any atom is -0.492 e. The van der Waals surface area contributed by atoms with Gasteiger partial charge in [0.25, 0.3) is 0 Å².